The number of benzene rings is 1. The molecule has 1 unspecified atom stereocenters. The van der Waals surface area contributed by atoms with Gasteiger partial charge in [0.2, 0.25) is 0 Å². The average molecular weight is 236 g/mol. The van der Waals surface area contributed by atoms with E-state index in [2.05, 4.69) is 6.92 Å². The molecule has 1 aromatic rings. The molecule has 1 N–H and O–H groups in total. The summed E-state index contributed by atoms with van der Waals surface area (Å²) in [4.78, 5) is 11.7. The fourth-order valence-electron chi connectivity index (χ4n) is 1.59. The fraction of sp³-hybridized carbons (Fsp3) is 0.500. The third-order valence-electron chi connectivity index (χ3n) is 2.63. The van der Waals surface area contributed by atoms with Crippen LogP contribution in [-0.2, 0) is 4.74 Å². The number of aromatic hydroxyl groups is 1. The molecule has 3 nitrogen and oxygen atoms in total. The number of hydrogen-bond donors (Lipinski definition) is 1. The maximum absolute atomic E-state index is 11.7. The van der Waals surface area contributed by atoms with Crippen LogP contribution < -0.4 is 0 Å². The van der Waals surface area contributed by atoms with Gasteiger partial charge in [-0.2, -0.15) is 0 Å². The number of ether oxygens (including phenoxy) is 1. The topological polar surface area (TPSA) is 46.5 Å². The van der Waals surface area contributed by atoms with Crippen LogP contribution in [0, 0.1) is 0 Å². The zero-order chi connectivity index (χ0) is 12.7. The summed E-state index contributed by atoms with van der Waals surface area (Å²) in [7, 11) is 0. The molecule has 1 rings (SSSR count). The van der Waals surface area contributed by atoms with E-state index in [9.17, 15) is 4.79 Å². The van der Waals surface area contributed by atoms with Crippen molar-refractivity contribution in [3.8, 4) is 5.75 Å². The van der Waals surface area contributed by atoms with Crippen molar-refractivity contribution in [2.24, 2.45) is 0 Å². The third kappa shape index (κ3) is 4.89. The molecule has 0 aliphatic heterocycles. The lowest BCUT2D eigenvalue weighted by Gasteiger charge is -2.12. The number of esters is 1. The first kappa shape index (κ1) is 13.6. The minimum Gasteiger partial charge on any atom is -0.508 e. The molecule has 1 atom stereocenters. The molecule has 0 spiro atoms. The summed E-state index contributed by atoms with van der Waals surface area (Å²) in [6.45, 7) is 4.06. The maximum Gasteiger partial charge on any atom is 0.338 e. The van der Waals surface area contributed by atoms with Crippen molar-refractivity contribution >= 4 is 5.97 Å². The minimum absolute atomic E-state index is 0.0529. The normalized spacial score (nSPS) is 12.1. The van der Waals surface area contributed by atoms with Crippen LogP contribution in [-0.4, -0.2) is 17.2 Å². The van der Waals surface area contributed by atoms with Crippen molar-refractivity contribution in [3.05, 3.63) is 29.8 Å². The van der Waals surface area contributed by atoms with E-state index in [0.717, 1.165) is 12.8 Å². The van der Waals surface area contributed by atoms with Gasteiger partial charge in [0, 0.05) is 0 Å². The molecule has 0 fully saturated rings. The van der Waals surface area contributed by atoms with Crippen molar-refractivity contribution in [2.45, 2.75) is 45.6 Å². The predicted molar refractivity (Wildman–Crippen MR) is 67.1 cm³/mol. The van der Waals surface area contributed by atoms with Crippen LogP contribution in [0.5, 0.6) is 5.75 Å². The first-order valence-electron chi connectivity index (χ1n) is 6.13. The molecule has 17 heavy (non-hydrogen) atoms. The Balaban J connectivity index is 2.40. The van der Waals surface area contributed by atoms with Gasteiger partial charge in [-0.1, -0.05) is 19.8 Å². The van der Waals surface area contributed by atoms with Gasteiger partial charge in [-0.15, -0.1) is 0 Å². The molecule has 1 aromatic carbocycles. The van der Waals surface area contributed by atoms with Gasteiger partial charge in [0.05, 0.1) is 11.7 Å². The van der Waals surface area contributed by atoms with Gasteiger partial charge in [0.25, 0.3) is 0 Å². The Morgan fingerprint density at radius 2 is 1.94 bits per heavy atom. The van der Waals surface area contributed by atoms with Crippen LogP contribution >= 0.6 is 0 Å². The first-order chi connectivity index (χ1) is 8.13. The molecule has 0 heterocycles. The minimum atomic E-state index is -0.325. The molecule has 0 aromatic heterocycles. The van der Waals surface area contributed by atoms with Crippen LogP contribution in [0.2, 0.25) is 0 Å². The van der Waals surface area contributed by atoms with Gasteiger partial charge in [-0.05, 0) is 44.0 Å². The molecule has 0 radical (unpaired) electrons. The number of unbranched alkanes of at least 4 members (excludes halogenated alkanes) is 2. The molecular weight excluding hydrogens is 216 g/mol. The highest BCUT2D eigenvalue weighted by atomic mass is 16.5. The van der Waals surface area contributed by atoms with Gasteiger partial charge in [-0.25, -0.2) is 4.79 Å². The second-order valence-electron chi connectivity index (χ2n) is 4.26. The highest BCUT2D eigenvalue weighted by Gasteiger charge is 2.11. The third-order valence-corrected chi connectivity index (χ3v) is 2.63. The summed E-state index contributed by atoms with van der Waals surface area (Å²) < 4.78 is 5.30. The van der Waals surface area contributed by atoms with Gasteiger partial charge < -0.3 is 9.84 Å². The summed E-state index contributed by atoms with van der Waals surface area (Å²) in [5.41, 5.74) is 0.477. The van der Waals surface area contributed by atoms with Gasteiger partial charge in [0.15, 0.2) is 0 Å². The first-order valence-corrected chi connectivity index (χ1v) is 6.13. The summed E-state index contributed by atoms with van der Waals surface area (Å²) in [6, 6.07) is 6.10. The molecule has 0 saturated heterocycles. The number of phenols is 1. The lowest BCUT2D eigenvalue weighted by atomic mass is 10.1. The molecule has 0 amide bonds. The van der Waals surface area contributed by atoms with E-state index in [1.54, 1.807) is 12.1 Å². The zero-order valence-electron chi connectivity index (χ0n) is 10.5. The fourth-order valence-corrected chi connectivity index (χ4v) is 1.59. The van der Waals surface area contributed by atoms with Crippen LogP contribution in [0.3, 0.4) is 0 Å². The Hall–Kier alpha value is -1.51. The molecule has 0 saturated carbocycles. The highest BCUT2D eigenvalue weighted by molar-refractivity contribution is 5.89. The highest BCUT2D eigenvalue weighted by Crippen LogP contribution is 2.13. The van der Waals surface area contributed by atoms with E-state index in [1.165, 1.54) is 25.0 Å². The molecule has 0 bridgehead atoms. The van der Waals surface area contributed by atoms with Crippen molar-refractivity contribution in [1.29, 1.82) is 0 Å². The summed E-state index contributed by atoms with van der Waals surface area (Å²) in [5.74, 6) is -0.174. The van der Waals surface area contributed by atoms with Gasteiger partial charge >= 0.3 is 5.97 Å². The monoisotopic (exact) mass is 236 g/mol. The van der Waals surface area contributed by atoms with E-state index in [-0.39, 0.29) is 17.8 Å². The Bertz CT molecular complexity index is 343. The second kappa shape index (κ2) is 6.94. The van der Waals surface area contributed by atoms with Gasteiger partial charge in [0.1, 0.15) is 5.75 Å². The van der Waals surface area contributed by atoms with E-state index in [4.69, 9.17) is 9.84 Å². The standard InChI is InChI=1S/C14H20O3/c1-3-4-5-6-11(2)17-14(16)12-7-9-13(15)10-8-12/h7-11,15H,3-6H2,1-2H3. The van der Waals surface area contributed by atoms with E-state index >= 15 is 0 Å². The number of carbonyl (C=O) groups excluding carboxylic acids is 1. The summed E-state index contributed by atoms with van der Waals surface area (Å²) in [5, 5.41) is 9.11. The Kier molecular flexibility index (Phi) is 5.53. The number of hydrogen-bond acceptors (Lipinski definition) is 3. The van der Waals surface area contributed by atoms with Crippen molar-refractivity contribution in [3.63, 3.8) is 0 Å². The molecular formula is C14H20O3. The Labute approximate surface area is 102 Å². The van der Waals surface area contributed by atoms with Crippen molar-refractivity contribution in [2.75, 3.05) is 0 Å². The summed E-state index contributed by atoms with van der Waals surface area (Å²) >= 11 is 0. The van der Waals surface area contributed by atoms with Crippen LogP contribution in [0.4, 0.5) is 0 Å². The molecule has 0 aliphatic rings. The number of phenolic OH excluding ortho intramolecular Hbond substituents is 1. The van der Waals surface area contributed by atoms with Crippen molar-refractivity contribution in [1.82, 2.24) is 0 Å². The lowest BCUT2D eigenvalue weighted by molar-refractivity contribution is 0.0319. The second-order valence-corrected chi connectivity index (χ2v) is 4.26. The molecule has 94 valence electrons. The average Bonchev–Trinajstić information content (AvgIpc) is 2.30. The number of carbonyl (C=O) groups is 1. The Morgan fingerprint density at radius 3 is 2.53 bits per heavy atom. The zero-order valence-corrected chi connectivity index (χ0v) is 10.5. The largest absolute Gasteiger partial charge is 0.508 e. The molecule has 3 heteroatoms. The van der Waals surface area contributed by atoms with Crippen LogP contribution in [0.1, 0.15) is 49.9 Å². The van der Waals surface area contributed by atoms with Crippen molar-refractivity contribution < 1.29 is 14.6 Å². The Morgan fingerprint density at radius 1 is 1.29 bits per heavy atom. The SMILES string of the molecule is CCCCCC(C)OC(=O)c1ccc(O)cc1. The molecule has 0 aliphatic carbocycles. The van der Waals surface area contributed by atoms with Gasteiger partial charge in [-0.3, -0.25) is 0 Å². The predicted octanol–water partition coefficient (Wildman–Crippen LogP) is 3.52. The maximum atomic E-state index is 11.7. The van der Waals surface area contributed by atoms with Crippen LogP contribution in [0.25, 0.3) is 0 Å². The number of rotatable bonds is 6. The van der Waals surface area contributed by atoms with E-state index in [0.29, 0.717) is 5.56 Å². The van der Waals surface area contributed by atoms with E-state index < -0.39 is 0 Å². The summed E-state index contributed by atoms with van der Waals surface area (Å²) in [6.07, 6.45) is 4.26. The van der Waals surface area contributed by atoms with Crippen LogP contribution in [0.15, 0.2) is 24.3 Å². The van der Waals surface area contributed by atoms with E-state index in [1.807, 2.05) is 6.92 Å². The smallest absolute Gasteiger partial charge is 0.338 e. The quantitative estimate of drug-likeness (QED) is 0.607. The lowest BCUT2D eigenvalue weighted by Crippen LogP contribution is -2.14.